The number of fused-ring (bicyclic) bond motifs is 5. The molecule has 0 saturated heterocycles. The molecule has 0 aromatic rings. The molecular formula is C30H45Br. The van der Waals surface area contributed by atoms with Crippen LogP contribution < -0.4 is 0 Å². The normalized spacial score (nSPS) is 47.7. The monoisotopic (exact) mass is 484 g/mol. The van der Waals surface area contributed by atoms with Crippen molar-refractivity contribution in [3.63, 3.8) is 0 Å². The number of hydrogen-bond donors (Lipinski definition) is 0. The highest BCUT2D eigenvalue weighted by atomic mass is 79.9. The zero-order valence-corrected chi connectivity index (χ0v) is 21.7. The third-order valence-corrected chi connectivity index (χ3v) is 11.9. The maximum atomic E-state index is 4.14. The van der Waals surface area contributed by atoms with Gasteiger partial charge in [-0.1, -0.05) is 72.3 Å². The van der Waals surface area contributed by atoms with Crippen LogP contribution in [0.15, 0.2) is 23.3 Å². The molecule has 0 aromatic carbocycles. The maximum absolute atomic E-state index is 4.14. The van der Waals surface area contributed by atoms with Gasteiger partial charge in [0.2, 0.25) is 0 Å². The summed E-state index contributed by atoms with van der Waals surface area (Å²) in [6.45, 7) is 5.11. The van der Waals surface area contributed by atoms with E-state index in [9.17, 15) is 0 Å². The highest BCUT2D eigenvalue weighted by molar-refractivity contribution is 9.09. The van der Waals surface area contributed by atoms with E-state index in [1.54, 1.807) is 0 Å². The molecule has 0 amide bonds. The summed E-state index contributed by atoms with van der Waals surface area (Å²) in [6, 6.07) is 0. The molecule has 0 N–H and O–H groups in total. The van der Waals surface area contributed by atoms with Crippen molar-refractivity contribution in [2.45, 2.75) is 102 Å². The topological polar surface area (TPSA) is 0 Å². The van der Waals surface area contributed by atoms with Gasteiger partial charge >= 0.3 is 0 Å². The second kappa shape index (κ2) is 8.63. The molecule has 6 aliphatic carbocycles. The van der Waals surface area contributed by atoms with Crippen molar-refractivity contribution in [3.05, 3.63) is 23.3 Å². The van der Waals surface area contributed by atoms with Crippen molar-refractivity contribution >= 4 is 15.9 Å². The summed E-state index contributed by atoms with van der Waals surface area (Å²) in [7, 11) is 0. The Labute approximate surface area is 200 Å². The van der Waals surface area contributed by atoms with Gasteiger partial charge in [0.05, 0.1) is 0 Å². The first kappa shape index (κ1) is 21.5. The van der Waals surface area contributed by atoms with Crippen LogP contribution in [-0.4, -0.2) is 4.83 Å². The van der Waals surface area contributed by atoms with Crippen LogP contribution in [0.1, 0.15) is 97.3 Å². The van der Waals surface area contributed by atoms with Gasteiger partial charge in [-0.25, -0.2) is 0 Å². The van der Waals surface area contributed by atoms with Crippen LogP contribution in [-0.2, 0) is 0 Å². The third kappa shape index (κ3) is 3.49. The van der Waals surface area contributed by atoms with Crippen LogP contribution in [0.3, 0.4) is 0 Å². The molecule has 0 aliphatic heterocycles. The number of halogens is 1. The fourth-order valence-electron chi connectivity index (χ4n) is 10.3. The van der Waals surface area contributed by atoms with Crippen LogP contribution in [0.4, 0.5) is 0 Å². The molecule has 9 atom stereocenters. The first-order chi connectivity index (χ1) is 15.1. The van der Waals surface area contributed by atoms with Gasteiger partial charge in [0.25, 0.3) is 0 Å². The number of alkyl halides is 1. The molecule has 3 saturated carbocycles. The molecular weight excluding hydrogens is 440 g/mol. The SMILES string of the molecule is CC(C)C1C2CCC1C1=C2C(C2C=CCCC2)C2CCC(Br)CC2C1C1CCCCC1. The second-order valence-corrected chi connectivity index (χ2v) is 14.0. The lowest BCUT2D eigenvalue weighted by Gasteiger charge is -2.54. The van der Waals surface area contributed by atoms with Crippen LogP contribution >= 0.6 is 15.9 Å². The summed E-state index contributed by atoms with van der Waals surface area (Å²) < 4.78 is 0. The van der Waals surface area contributed by atoms with E-state index < -0.39 is 0 Å². The van der Waals surface area contributed by atoms with E-state index in [-0.39, 0.29) is 0 Å². The van der Waals surface area contributed by atoms with Gasteiger partial charge in [0.1, 0.15) is 0 Å². The van der Waals surface area contributed by atoms with E-state index in [1.165, 1.54) is 83.5 Å². The minimum Gasteiger partial charge on any atom is -0.0891 e. The van der Waals surface area contributed by atoms with Gasteiger partial charge in [-0.3, -0.25) is 0 Å². The summed E-state index contributed by atoms with van der Waals surface area (Å²) in [6.07, 6.45) is 24.5. The van der Waals surface area contributed by atoms with Gasteiger partial charge in [0.15, 0.2) is 0 Å². The Morgan fingerprint density at radius 3 is 2.19 bits per heavy atom. The van der Waals surface area contributed by atoms with E-state index in [0.29, 0.717) is 0 Å². The number of hydrogen-bond acceptors (Lipinski definition) is 0. The molecule has 0 heterocycles. The molecule has 0 aromatic heterocycles. The summed E-state index contributed by atoms with van der Waals surface area (Å²) >= 11 is 4.14. The average molecular weight is 486 g/mol. The van der Waals surface area contributed by atoms with E-state index in [4.69, 9.17) is 0 Å². The number of rotatable bonds is 3. The molecule has 1 heteroatoms. The van der Waals surface area contributed by atoms with Crippen LogP contribution in [0.25, 0.3) is 0 Å². The molecule has 6 aliphatic rings. The van der Waals surface area contributed by atoms with E-state index in [0.717, 1.165) is 64.0 Å². The molecule has 172 valence electrons. The molecule has 0 radical (unpaired) electrons. The lowest BCUT2D eigenvalue weighted by atomic mass is 9.51. The Morgan fingerprint density at radius 1 is 0.774 bits per heavy atom. The van der Waals surface area contributed by atoms with Crippen LogP contribution in [0.5, 0.6) is 0 Å². The minimum absolute atomic E-state index is 0.782. The van der Waals surface area contributed by atoms with Gasteiger partial charge in [-0.2, -0.15) is 0 Å². The molecule has 31 heavy (non-hydrogen) atoms. The predicted octanol–water partition coefficient (Wildman–Crippen LogP) is 8.96. The van der Waals surface area contributed by atoms with Crippen molar-refractivity contribution in [1.82, 2.24) is 0 Å². The first-order valence-electron chi connectivity index (χ1n) is 14.2. The van der Waals surface area contributed by atoms with Crippen molar-refractivity contribution in [1.29, 1.82) is 0 Å². The summed E-state index contributed by atoms with van der Waals surface area (Å²) in [4.78, 5) is 0.782. The van der Waals surface area contributed by atoms with Gasteiger partial charge in [-0.15, -0.1) is 0 Å². The Bertz CT molecular complexity index is 725. The van der Waals surface area contributed by atoms with Crippen molar-refractivity contribution in [2.75, 3.05) is 0 Å². The molecule has 3 fully saturated rings. The Kier molecular flexibility index (Phi) is 5.98. The van der Waals surface area contributed by atoms with Gasteiger partial charge in [0, 0.05) is 4.83 Å². The average Bonchev–Trinajstić information content (AvgIpc) is 3.36. The van der Waals surface area contributed by atoms with Gasteiger partial charge < -0.3 is 0 Å². The fourth-order valence-corrected chi connectivity index (χ4v) is 11.0. The summed E-state index contributed by atoms with van der Waals surface area (Å²) in [5.74, 6) is 9.46. The lowest BCUT2D eigenvalue weighted by molar-refractivity contribution is 0.0508. The largest absolute Gasteiger partial charge is 0.0891 e. The predicted molar refractivity (Wildman–Crippen MR) is 135 cm³/mol. The Hall–Kier alpha value is -0.0400. The quantitative estimate of drug-likeness (QED) is 0.276. The third-order valence-electron chi connectivity index (χ3n) is 11.1. The minimum atomic E-state index is 0.782. The summed E-state index contributed by atoms with van der Waals surface area (Å²) in [5, 5.41) is 0. The van der Waals surface area contributed by atoms with Crippen LogP contribution in [0.2, 0.25) is 0 Å². The van der Waals surface area contributed by atoms with Crippen LogP contribution in [0, 0.1) is 59.2 Å². The molecule has 2 bridgehead atoms. The molecule has 6 rings (SSSR count). The lowest BCUT2D eigenvalue weighted by Crippen LogP contribution is -2.47. The molecule has 0 spiro atoms. The molecule has 0 nitrogen and oxygen atoms in total. The van der Waals surface area contributed by atoms with E-state index in [2.05, 4.69) is 53.1 Å². The summed E-state index contributed by atoms with van der Waals surface area (Å²) in [5.41, 5.74) is 4.23. The smallest absolute Gasteiger partial charge is 0.0148 e. The molecule has 9 unspecified atom stereocenters. The first-order valence-corrected chi connectivity index (χ1v) is 15.1. The van der Waals surface area contributed by atoms with Gasteiger partial charge in [-0.05, 0) is 123 Å². The Morgan fingerprint density at radius 2 is 1.52 bits per heavy atom. The van der Waals surface area contributed by atoms with E-state index >= 15 is 0 Å². The van der Waals surface area contributed by atoms with E-state index in [1.807, 2.05) is 0 Å². The highest BCUT2D eigenvalue weighted by Crippen LogP contribution is 2.68. The zero-order chi connectivity index (χ0) is 21.1. The van der Waals surface area contributed by atoms with Crippen molar-refractivity contribution < 1.29 is 0 Å². The number of allylic oxidation sites excluding steroid dienone is 4. The standard InChI is InChI=1S/C30H45Br/c1-18(2)26-23-15-16-24(26)30-28(20-11-7-4-8-12-20)25-17-21(31)13-14-22(25)27(29(23)30)19-9-5-3-6-10-19/h5,9,18-28H,3-4,6-8,10-17H2,1-2H3. The Balaban J connectivity index is 1.48. The van der Waals surface area contributed by atoms with Crippen molar-refractivity contribution in [3.8, 4) is 0 Å². The second-order valence-electron chi connectivity index (χ2n) is 12.7. The zero-order valence-electron chi connectivity index (χ0n) is 20.1. The fraction of sp³-hybridized carbons (Fsp3) is 0.867. The maximum Gasteiger partial charge on any atom is 0.0148 e. The highest BCUT2D eigenvalue weighted by Gasteiger charge is 2.59. The van der Waals surface area contributed by atoms with Crippen molar-refractivity contribution in [2.24, 2.45) is 59.2 Å².